The highest BCUT2D eigenvalue weighted by molar-refractivity contribution is 6.06. The van der Waals surface area contributed by atoms with Gasteiger partial charge in [0.25, 0.3) is 5.91 Å². The van der Waals surface area contributed by atoms with E-state index in [2.05, 4.69) is 20.2 Å². The van der Waals surface area contributed by atoms with Crippen molar-refractivity contribution >= 4 is 16.9 Å². The number of halogens is 2. The minimum Gasteiger partial charge on any atom is -0.377 e. The van der Waals surface area contributed by atoms with Crippen LogP contribution in [0.25, 0.3) is 22.3 Å². The predicted molar refractivity (Wildman–Crippen MR) is 105 cm³/mol. The summed E-state index contributed by atoms with van der Waals surface area (Å²) in [5.41, 5.74) is 3.09. The Kier molecular flexibility index (Phi) is 4.51. The molecular formula is C21H17F2N5O2. The summed E-state index contributed by atoms with van der Waals surface area (Å²) >= 11 is 0. The van der Waals surface area contributed by atoms with Gasteiger partial charge < -0.3 is 14.6 Å². The Balaban J connectivity index is 1.49. The van der Waals surface area contributed by atoms with Crippen LogP contribution in [0.15, 0.2) is 48.9 Å². The maximum Gasteiger partial charge on any atom is 0.256 e. The fourth-order valence-electron chi connectivity index (χ4n) is 3.73. The fourth-order valence-corrected chi connectivity index (χ4v) is 3.73. The lowest BCUT2D eigenvalue weighted by atomic mass is 10.0. The van der Waals surface area contributed by atoms with Crippen LogP contribution in [0.4, 0.5) is 8.78 Å². The molecular weight excluding hydrogens is 392 g/mol. The molecule has 1 fully saturated rings. The first-order valence-corrected chi connectivity index (χ1v) is 9.43. The first-order chi connectivity index (χ1) is 14.6. The third-order valence-corrected chi connectivity index (χ3v) is 5.28. The Labute approximate surface area is 169 Å². The van der Waals surface area contributed by atoms with E-state index in [1.165, 1.54) is 6.07 Å². The molecule has 0 bridgehead atoms. The number of H-pyrrole nitrogens is 2. The van der Waals surface area contributed by atoms with Gasteiger partial charge in [-0.1, -0.05) is 6.07 Å². The summed E-state index contributed by atoms with van der Waals surface area (Å²) in [6, 6.07) is 6.80. The van der Waals surface area contributed by atoms with E-state index >= 15 is 0 Å². The Morgan fingerprint density at radius 3 is 2.87 bits per heavy atom. The maximum atomic E-state index is 13.8. The zero-order chi connectivity index (χ0) is 20.7. The second-order valence-corrected chi connectivity index (χ2v) is 7.04. The van der Waals surface area contributed by atoms with Gasteiger partial charge in [0.05, 0.1) is 36.7 Å². The molecule has 4 aromatic rings. The van der Waals surface area contributed by atoms with Crippen LogP contribution in [0.3, 0.4) is 0 Å². The van der Waals surface area contributed by atoms with Crippen molar-refractivity contribution < 1.29 is 18.3 Å². The molecule has 0 radical (unpaired) electrons. The molecule has 0 spiro atoms. The van der Waals surface area contributed by atoms with Crippen molar-refractivity contribution in [1.29, 1.82) is 0 Å². The van der Waals surface area contributed by atoms with Gasteiger partial charge in [0.1, 0.15) is 5.65 Å². The van der Waals surface area contributed by atoms with Gasteiger partial charge in [0, 0.05) is 29.9 Å². The highest BCUT2D eigenvalue weighted by atomic mass is 19.2. The number of hydrogen-bond donors (Lipinski definition) is 2. The van der Waals surface area contributed by atoms with Crippen LogP contribution in [0.1, 0.15) is 22.0 Å². The highest BCUT2D eigenvalue weighted by Gasteiger charge is 2.31. The average Bonchev–Trinajstić information content (AvgIpc) is 3.45. The minimum absolute atomic E-state index is 0.210. The summed E-state index contributed by atoms with van der Waals surface area (Å²) in [4.78, 5) is 22.6. The van der Waals surface area contributed by atoms with Crippen molar-refractivity contribution in [2.45, 2.75) is 6.04 Å². The van der Waals surface area contributed by atoms with Gasteiger partial charge in [-0.3, -0.25) is 9.89 Å². The molecule has 1 amide bonds. The molecule has 4 heterocycles. The Morgan fingerprint density at radius 1 is 1.17 bits per heavy atom. The molecule has 152 valence electrons. The first kappa shape index (κ1) is 18.4. The number of benzene rings is 1. The van der Waals surface area contributed by atoms with Gasteiger partial charge in [-0.05, 0) is 29.8 Å². The average molecular weight is 409 g/mol. The van der Waals surface area contributed by atoms with E-state index in [1.807, 2.05) is 12.1 Å². The molecule has 30 heavy (non-hydrogen) atoms. The second-order valence-electron chi connectivity index (χ2n) is 7.04. The van der Waals surface area contributed by atoms with Crippen LogP contribution in [0, 0.1) is 11.6 Å². The van der Waals surface area contributed by atoms with Gasteiger partial charge in [0.2, 0.25) is 0 Å². The van der Waals surface area contributed by atoms with Crippen molar-refractivity contribution in [3.8, 4) is 11.3 Å². The van der Waals surface area contributed by atoms with E-state index in [-0.39, 0.29) is 12.5 Å². The number of ether oxygens (including phenoxy) is 1. The number of morpholine rings is 1. The fraction of sp³-hybridized carbons (Fsp3) is 0.190. The largest absolute Gasteiger partial charge is 0.377 e. The summed E-state index contributed by atoms with van der Waals surface area (Å²) in [6.07, 6.45) is 5.03. The molecule has 1 aliphatic heterocycles. The molecule has 1 aromatic carbocycles. The summed E-state index contributed by atoms with van der Waals surface area (Å²) in [7, 11) is 0. The second kappa shape index (κ2) is 7.34. The lowest BCUT2D eigenvalue weighted by molar-refractivity contribution is -0.00269. The number of aromatic nitrogens is 4. The molecule has 9 heteroatoms. The van der Waals surface area contributed by atoms with Gasteiger partial charge in [-0.2, -0.15) is 5.10 Å². The first-order valence-electron chi connectivity index (χ1n) is 9.43. The van der Waals surface area contributed by atoms with Crippen molar-refractivity contribution in [1.82, 2.24) is 25.1 Å². The third kappa shape index (κ3) is 3.13. The number of aromatic amines is 2. The van der Waals surface area contributed by atoms with E-state index < -0.39 is 17.7 Å². The van der Waals surface area contributed by atoms with E-state index in [4.69, 9.17) is 4.74 Å². The van der Waals surface area contributed by atoms with Crippen LogP contribution in [-0.2, 0) is 4.74 Å². The summed E-state index contributed by atoms with van der Waals surface area (Å²) in [5, 5.41) is 7.35. The number of fused-ring (bicyclic) bond motifs is 1. The van der Waals surface area contributed by atoms with Crippen molar-refractivity contribution in [2.75, 3.05) is 19.8 Å². The number of nitrogens with one attached hydrogen (secondary N) is 2. The van der Waals surface area contributed by atoms with Gasteiger partial charge in [0.15, 0.2) is 11.6 Å². The monoisotopic (exact) mass is 409 g/mol. The van der Waals surface area contributed by atoms with Crippen LogP contribution >= 0.6 is 0 Å². The number of amides is 1. The predicted octanol–water partition coefficient (Wildman–Crippen LogP) is 3.44. The highest BCUT2D eigenvalue weighted by Crippen LogP contribution is 2.29. The van der Waals surface area contributed by atoms with E-state index in [0.717, 1.165) is 23.4 Å². The van der Waals surface area contributed by atoms with Crippen LogP contribution in [0.2, 0.25) is 0 Å². The van der Waals surface area contributed by atoms with Crippen molar-refractivity contribution in [2.24, 2.45) is 0 Å². The van der Waals surface area contributed by atoms with Gasteiger partial charge in [-0.25, -0.2) is 13.8 Å². The Hall–Kier alpha value is -3.59. The molecule has 7 nitrogen and oxygen atoms in total. The Morgan fingerprint density at radius 2 is 2.07 bits per heavy atom. The zero-order valence-corrected chi connectivity index (χ0v) is 15.7. The molecule has 0 aliphatic carbocycles. The molecule has 0 unspecified atom stereocenters. The van der Waals surface area contributed by atoms with E-state index in [0.29, 0.717) is 35.3 Å². The van der Waals surface area contributed by atoms with E-state index in [9.17, 15) is 13.6 Å². The number of carbonyl (C=O) groups excluding carboxylic acids is 1. The normalized spacial score (nSPS) is 16.9. The van der Waals surface area contributed by atoms with Crippen LogP contribution in [-0.4, -0.2) is 50.7 Å². The van der Waals surface area contributed by atoms with Crippen LogP contribution < -0.4 is 0 Å². The van der Waals surface area contributed by atoms with Gasteiger partial charge in [-0.15, -0.1) is 0 Å². The molecule has 1 saturated heterocycles. The lowest BCUT2D eigenvalue weighted by Gasteiger charge is -2.36. The molecule has 0 saturated carbocycles. The summed E-state index contributed by atoms with van der Waals surface area (Å²) < 4.78 is 32.6. The number of pyridine rings is 1. The van der Waals surface area contributed by atoms with Gasteiger partial charge >= 0.3 is 0 Å². The molecule has 1 aliphatic rings. The summed E-state index contributed by atoms with van der Waals surface area (Å²) in [5.74, 6) is -2.10. The standard InChI is InChI=1S/C21H17F2N5O2/c22-16-3-1-12(7-17(16)23)19-11-30-6-5-28(19)21(29)15-10-24-20-14(15)2-4-18(27-20)13-8-25-26-9-13/h1-4,7-10,19H,5-6,11H2,(H,24,27)(H,25,26)/t19-/m1/s1. The molecule has 5 rings (SSSR count). The Bertz CT molecular complexity index is 1220. The number of carbonyl (C=O) groups is 1. The molecule has 3 aromatic heterocycles. The maximum absolute atomic E-state index is 13.8. The van der Waals surface area contributed by atoms with Crippen molar-refractivity contribution in [3.05, 3.63) is 71.7 Å². The number of hydrogen-bond acceptors (Lipinski definition) is 4. The topological polar surface area (TPSA) is 86.9 Å². The van der Waals surface area contributed by atoms with Crippen molar-refractivity contribution in [3.63, 3.8) is 0 Å². The molecule has 2 N–H and O–H groups in total. The zero-order valence-electron chi connectivity index (χ0n) is 15.7. The molecule has 1 atom stereocenters. The minimum atomic E-state index is -0.950. The van der Waals surface area contributed by atoms with Crippen LogP contribution in [0.5, 0.6) is 0 Å². The number of nitrogens with zero attached hydrogens (tertiary/aromatic N) is 3. The van der Waals surface area contributed by atoms with E-state index in [1.54, 1.807) is 23.5 Å². The SMILES string of the molecule is O=C(c1c[nH]c2nc(-c3cn[nH]c3)ccc12)N1CCOC[C@@H]1c1ccc(F)c(F)c1. The quantitative estimate of drug-likeness (QED) is 0.543. The lowest BCUT2D eigenvalue weighted by Crippen LogP contribution is -2.43. The smallest absolute Gasteiger partial charge is 0.256 e. The summed E-state index contributed by atoms with van der Waals surface area (Å²) in [6.45, 7) is 0.926. The third-order valence-electron chi connectivity index (χ3n) is 5.28. The number of rotatable bonds is 3.